The summed E-state index contributed by atoms with van der Waals surface area (Å²) in [6, 6.07) is 4.53. The molecule has 0 bridgehead atoms. The topological polar surface area (TPSA) is 81.6 Å². The molecule has 1 unspecified atom stereocenters. The highest BCUT2D eigenvalue weighted by atomic mass is 16.5. The van der Waals surface area contributed by atoms with Gasteiger partial charge in [-0.05, 0) is 38.1 Å². The van der Waals surface area contributed by atoms with Gasteiger partial charge in [0.15, 0.2) is 0 Å². The maximum atomic E-state index is 11.2. The molecule has 0 aromatic heterocycles. The number of aromatic hydroxyl groups is 1. The second kappa shape index (κ2) is 12.4. The lowest BCUT2D eigenvalue weighted by molar-refractivity contribution is -0.118. The summed E-state index contributed by atoms with van der Waals surface area (Å²) in [5, 5.41) is 21.0. The number of benzene rings is 1. The van der Waals surface area contributed by atoms with E-state index in [1.165, 1.54) is 13.0 Å². The third-order valence-electron chi connectivity index (χ3n) is 2.46. The first-order valence-electron chi connectivity index (χ1n) is 6.98. The van der Waals surface area contributed by atoms with Gasteiger partial charge in [-0.1, -0.05) is 33.8 Å². The Kier molecular flexibility index (Phi) is 12.9. The van der Waals surface area contributed by atoms with Gasteiger partial charge in [-0.15, -0.1) is 0 Å². The average molecular weight is 284 g/mol. The molecule has 0 saturated heterocycles. The lowest BCUT2D eigenvalue weighted by Crippen LogP contribution is -2.34. The minimum atomic E-state index is -0.254. The van der Waals surface area contributed by atoms with Crippen molar-refractivity contribution in [1.82, 2.24) is 5.32 Å². The fourth-order valence-corrected chi connectivity index (χ4v) is 1.48. The normalized spacial score (nSPS) is 10.3. The van der Waals surface area contributed by atoms with Gasteiger partial charge in [-0.2, -0.15) is 0 Å². The predicted molar refractivity (Wildman–Crippen MR) is 83.4 cm³/mol. The van der Waals surface area contributed by atoms with Crippen molar-refractivity contribution in [2.45, 2.75) is 47.1 Å². The first kappa shape index (κ1) is 20.7. The lowest BCUT2D eigenvalue weighted by Gasteiger charge is -2.13. The summed E-state index contributed by atoms with van der Waals surface area (Å²) in [5.41, 5.74) is 2.98. The van der Waals surface area contributed by atoms with Crippen LogP contribution in [0.25, 0.3) is 0 Å². The highest BCUT2D eigenvalue weighted by Gasteiger charge is 2.13. The smallest absolute Gasteiger partial charge is 0.147 e. The van der Waals surface area contributed by atoms with Crippen molar-refractivity contribution in [2.24, 2.45) is 0 Å². The van der Waals surface area contributed by atoms with Crippen molar-refractivity contribution in [2.75, 3.05) is 12.5 Å². The third-order valence-corrected chi connectivity index (χ3v) is 2.46. The first-order chi connectivity index (χ1) is 9.58. The van der Waals surface area contributed by atoms with Crippen molar-refractivity contribution >= 4 is 11.5 Å². The van der Waals surface area contributed by atoms with E-state index in [1.807, 2.05) is 33.2 Å². The second-order valence-corrected chi connectivity index (χ2v) is 3.62. The quantitative estimate of drug-likeness (QED) is 0.494. The van der Waals surface area contributed by atoms with Crippen LogP contribution < -0.4 is 10.8 Å². The molecule has 0 amide bonds. The molecular formula is C15H28N2O3. The molecule has 0 radical (unpaired) electrons. The molecule has 1 aromatic rings. The highest BCUT2D eigenvalue weighted by Crippen LogP contribution is 2.24. The molecule has 0 fully saturated rings. The van der Waals surface area contributed by atoms with Gasteiger partial charge in [-0.25, -0.2) is 0 Å². The standard InChI is InChI=1S/C11H16N2O3.2C2H6/c1-7(14)9(12-2)5-8-3-4-11(15)10(6-8)13-16;2*1-2/h3-4,6,9,12-13,15-16H,5H2,1-2H3;2*1-2H3. The van der Waals surface area contributed by atoms with E-state index in [4.69, 9.17) is 5.21 Å². The summed E-state index contributed by atoms with van der Waals surface area (Å²) in [6.07, 6.45) is 0.515. The summed E-state index contributed by atoms with van der Waals surface area (Å²) < 4.78 is 0. The van der Waals surface area contributed by atoms with E-state index in [-0.39, 0.29) is 23.3 Å². The fourth-order valence-electron chi connectivity index (χ4n) is 1.48. The minimum absolute atomic E-state index is 0.0323. The SMILES string of the molecule is CC.CC.CNC(Cc1ccc(O)c(NO)c1)C(C)=O. The number of carbonyl (C=O) groups is 1. The number of carbonyl (C=O) groups excluding carboxylic acids is 1. The number of anilines is 1. The van der Waals surface area contributed by atoms with Crippen molar-refractivity contribution in [3.8, 4) is 5.75 Å². The van der Waals surface area contributed by atoms with Gasteiger partial charge in [-0.3, -0.25) is 15.5 Å². The van der Waals surface area contributed by atoms with Crippen molar-refractivity contribution in [3.63, 3.8) is 0 Å². The Bertz CT molecular complexity index is 381. The summed E-state index contributed by atoms with van der Waals surface area (Å²) in [7, 11) is 1.72. The number of phenolic OH excluding ortho intramolecular Hbond substituents is 1. The summed E-state index contributed by atoms with van der Waals surface area (Å²) in [5.74, 6) is 0.0177. The molecule has 0 heterocycles. The Morgan fingerprint density at radius 3 is 2.20 bits per heavy atom. The number of rotatable bonds is 5. The van der Waals surface area contributed by atoms with Crippen LogP contribution in [-0.4, -0.2) is 29.2 Å². The molecule has 20 heavy (non-hydrogen) atoms. The first-order valence-corrected chi connectivity index (χ1v) is 6.98. The molecule has 116 valence electrons. The molecule has 5 heteroatoms. The van der Waals surface area contributed by atoms with Crippen LogP contribution in [0.1, 0.15) is 40.2 Å². The number of hydrogen-bond acceptors (Lipinski definition) is 5. The number of ketones is 1. The van der Waals surface area contributed by atoms with Crippen molar-refractivity contribution in [1.29, 1.82) is 0 Å². The van der Waals surface area contributed by atoms with Crippen LogP contribution in [0, 0.1) is 0 Å². The van der Waals surface area contributed by atoms with Gasteiger partial charge in [0, 0.05) is 0 Å². The van der Waals surface area contributed by atoms with Gasteiger partial charge in [0.05, 0.1) is 6.04 Å². The molecule has 1 aromatic carbocycles. The number of phenols is 1. The molecule has 5 nitrogen and oxygen atoms in total. The zero-order valence-corrected chi connectivity index (χ0v) is 13.3. The van der Waals surface area contributed by atoms with Crippen LogP contribution in [0.3, 0.4) is 0 Å². The number of hydrogen-bond donors (Lipinski definition) is 4. The van der Waals surface area contributed by atoms with Crippen molar-refractivity contribution in [3.05, 3.63) is 23.8 Å². The Morgan fingerprint density at radius 1 is 1.25 bits per heavy atom. The van der Waals surface area contributed by atoms with E-state index in [9.17, 15) is 9.90 Å². The Labute approximate surface area is 122 Å². The Morgan fingerprint density at radius 2 is 1.80 bits per heavy atom. The maximum Gasteiger partial charge on any atom is 0.147 e. The van der Waals surface area contributed by atoms with Gasteiger partial charge >= 0.3 is 0 Å². The zero-order valence-electron chi connectivity index (χ0n) is 13.3. The van der Waals surface area contributed by atoms with E-state index in [0.717, 1.165) is 5.56 Å². The lowest BCUT2D eigenvalue weighted by atomic mass is 10.0. The number of likely N-dealkylation sites (N-methyl/N-ethyl adjacent to an activating group) is 1. The summed E-state index contributed by atoms with van der Waals surface area (Å²) in [6.45, 7) is 9.52. The van der Waals surface area contributed by atoms with Crippen molar-refractivity contribution < 1.29 is 15.1 Å². The highest BCUT2D eigenvalue weighted by molar-refractivity contribution is 5.81. The molecule has 1 rings (SSSR count). The van der Waals surface area contributed by atoms with E-state index in [1.54, 1.807) is 19.2 Å². The summed E-state index contributed by atoms with van der Waals surface area (Å²) >= 11 is 0. The number of nitrogens with one attached hydrogen (secondary N) is 2. The second-order valence-electron chi connectivity index (χ2n) is 3.62. The van der Waals surface area contributed by atoms with Gasteiger partial charge < -0.3 is 10.4 Å². The van der Waals surface area contributed by atoms with Crippen LogP contribution >= 0.6 is 0 Å². The van der Waals surface area contributed by atoms with Crippen LogP contribution in [-0.2, 0) is 11.2 Å². The minimum Gasteiger partial charge on any atom is -0.506 e. The Balaban J connectivity index is 0. The van der Waals surface area contributed by atoms with E-state index < -0.39 is 0 Å². The number of Topliss-reactive ketones (excluding diaryl/α,β-unsaturated/α-hetero) is 1. The average Bonchev–Trinajstić information content (AvgIpc) is 2.50. The Hall–Kier alpha value is -1.59. The molecular weight excluding hydrogens is 256 g/mol. The van der Waals surface area contributed by atoms with E-state index >= 15 is 0 Å². The van der Waals surface area contributed by atoms with Crippen LogP contribution in [0.2, 0.25) is 0 Å². The van der Waals surface area contributed by atoms with Crippen LogP contribution in [0.15, 0.2) is 18.2 Å². The molecule has 0 aliphatic carbocycles. The third kappa shape index (κ3) is 7.11. The van der Waals surface area contributed by atoms with E-state index in [2.05, 4.69) is 5.32 Å². The van der Waals surface area contributed by atoms with Gasteiger partial charge in [0.2, 0.25) is 0 Å². The van der Waals surface area contributed by atoms with Gasteiger partial charge in [0.25, 0.3) is 0 Å². The van der Waals surface area contributed by atoms with Gasteiger partial charge in [0.1, 0.15) is 17.2 Å². The monoisotopic (exact) mass is 284 g/mol. The molecule has 4 N–H and O–H groups in total. The molecule has 1 atom stereocenters. The van der Waals surface area contributed by atoms with Crippen LogP contribution in [0.4, 0.5) is 5.69 Å². The van der Waals surface area contributed by atoms with Crippen LogP contribution in [0.5, 0.6) is 5.75 Å². The molecule has 0 aliphatic rings. The zero-order chi connectivity index (χ0) is 16.1. The molecule has 0 spiro atoms. The van der Waals surface area contributed by atoms with E-state index in [0.29, 0.717) is 6.42 Å². The maximum absolute atomic E-state index is 11.2. The summed E-state index contributed by atoms with van der Waals surface area (Å²) in [4.78, 5) is 11.2. The largest absolute Gasteiger partial charge is 0.506 e. The molecule has 0 aliphatic heterocycles. The molecule has 0 saturated carbocycles. The predicted octanol–water partition coefficient (Wildman–Crippen LogP) is 2.97. The fraction of sp³-hybridized carbons (Fsp3) is 0.533.